The molecule has 1 atom stereocenters. The summed E-state index contributed by atoms with van der Waals surface area (Å²) in [6.45, 7) is 0. The standard InChI is InChI=1S/C18H16F4N2O2/c19-13-6-3-4-11(8-13)9-16(25)24-15(17(23)26)10-12-5-1-2-7-14(12)18(20,21)22/h1-8,15H,9-10H2,(H2,23,26)(H,24,25)/t15-/m1/s1. The first-order valence-electron chi connectivity index (χ1n) is 7.65. The van der Waals surface area contributed by atoms with Gasteiger partial charge in [0.25, 0.3) is 0 Å². The van der Waals surface area contributed by atoms with Crippen LogP contribution in [0.25, 0.3) is 0 Å². The first-order valence-corrected chi connectivity index (χ1v) is 7.65. The predicted molar refractivity (Wildman–Crippen MR) is 86.4 cm³/mol. The molecule has 0 saturated carbocycles. The molecule has 0 radical (unpaired) electrons. The molecule has 2 aromatic carbocycles. The lowest BCUT2D eigenvalue weighted by Crippen LogP contribution is -2.46. The van der Waals surface area contributed by atoms with Crippen molar-refractivity contribution in [1.82, 2.24) is 5.32 Å². The normalized spacial score (nSPS) is 12.5. The first kappa shape index (κ1) is 19.4. The molecule has 4 nitrogen and oxygen atoms in total. The van der Waals surface area contributed by atoms with Gasteiger partial charge in [0.1, 0.15) is 11.9 Å². The maximum atomic E-state index is 13.1. The highest BCUT2D eigenvalue weighted by molar-refractivity contribution is 5.87. The van der Waals surface area contributed by atoms with Gasteiger partial charge in [-0.15, -0.1) is 0 Å². The minimum atomic E-state index is -4.59. The minimum Gasteiger partial charge on any atom is -0.368 e. The number of alkyl halides is 3. The fourth-order valence-electron chi connectivity index (χ4n) is 2.50. The zero-order chi connectivity index (χ0) is 19.3. The van der Waals surface area contributed by atoms with Gasteiger partial charge in [-0.25, -0.2) is 4.39 Å². The molecule has 0 aliphatic carbocycles. The number of primary amides is 1. The maximum absolute atomic E-state index is 13.1. The van der Waals surface area contributed by atoms with Gasteiger partial charge in [0.15, 0.2) is 0 Å². The van der Waals surface area contributed by atoms with Crippen molar-refractivity contribution >= 4 is 11.8 Å². The van der Waals surface area contributed by atoms with Gasteiger partial charge in [0, 0.05) is 6.42 Å². The zero-order valence-corrected chi connectivity index (χ0v) is 13.5. The lowest BCUT2D eigenvalue weighted by atomic mass is 9.99. The van der Waals surface area contributed by atoms with Gasteiger partial charge in [-0.05, 0) is 29.3 Å². The molecule has 0 unspecified atom stereocenters. The molecule has 0 heterocycles. The van der Waals surface area contributed by atoms with Crippen LogP contribution in [0.2, 0.25) is 0 Å². The van der Waals surface area contributed by atoms with E-state index in [0.29, 0.717) is 5.56 Å². The smallest absolute Gasteiger partial charge is 0.368 e. The van der Waals surface area contributed by atoms with Gasteiger partial charge in [-0.3, -0.25) is 9.59 Å². The van der Waals surface area contributed by atoms with Crippen LogP contribution in [0.3, 0.4) is 0 Å². The van der Waals surface area contributed by atoms with E-state index < -0.39 is 41.8 Å². The summed E-state index contributed by atoms with van der Waals surface area (Å²) in [4.78, 5) is 23.6. The predicted octanol–water partition coefficient (Wildman–Crippen LogP) is 2.60. The van der Waals surface area contributed by atoms with E-state index in [0.717, 1.165) is 12.1 Å². The highest BCUT2D eigenvalue weighted by Gasteiger charge is 2.34. The average molecular weight is 368 g/mol. The third-order valence-corrected chi connectivity index (χ3v) is 3.68. The lowest BCUT2D eigenvalue weighted by molar-refractivity contribution is -0.138. The maximum Gasteiger partial charge on any atom is 0.416 e. The quantitative estimate of drug-likeness (QED) is 0.770. The Hall–Kier alpha value is -2.90. The van der Waals surface area contributed by atoms with Gasteiger partial charge in [0.05, 0.1) is 12.0 Å². The van der Waals surface area contributed by atoms with Crippen molar-refractivity contribution in [2.24, 2.45) is 5.73 Å². The van der Waals surface area contributed by atoms with Crippen molar-refractivity contribution in [2.45, 2.75) is 25.1 Å². The minimum absolute atomic E-state index is 0.158. The third kappa shape index (κ3) is 5.30. The van der Waals surface area contributed by atoms with Crippen LogP contribution in [0.4, 0.5) is 17.6 Å². The van der Waals surface area contributed by atoms with E-state index in [2.05, 4.69) is 5.32 Å². The van der Waals surface area contributed by atoms with Crippen molar-refractivity contribution in [3.8, 4) is 0 Å². The van der Waals surface area contributed by atoms with Gasteiger partial charge < -0.3 is 11.1 Å². The Morgan fingerprint density at radius 2 is 1.77 bits per heavy atom. The average Bonchev–Trinajstić information content (AvgIpc) is 2.53. The van der Waals surface area contributed by atoms with E-state index >= 15 is 0 Å². The number of benzene rings is 2. The molecule has 2 rings (SSSR count). The molecule has 0 bridgehead atoms. The van der Waals surface area contributed by atoms with Crippen LogP contribution in [0.15, 0.2) is 48.5 Å². The van der Waals surface area contributed by atoms with E-state index in [1.807, 2.05) is 0 Å². The van der Waals surface area contributed by atoms with Crippen LogP contribution in [-0.4, -0.2) is 17.9 Å². The van der Waals surface area contributed by atoms with Crippen molar-refractivity contribution in [3.05, 3.63) is 71.0 Å². The van der Waals surface area contributed by atoms with E-state index in [1.54, 1.807) is 0 Å². The molecule has 0 aromatic heterocycles. The fourth-order valence-corrected chi connectivity index (χ4v) is 2.50. The summed E-state index contributed by atoms with van der Waals surface area (Å²) in [7, 11) is 0. The summed E-state index contributed by atoms with van der Waals surface area (Å²) in [5.74, 6) is -2.14. The summed E-state index contributed by atoms with van der Waals surface area (Å²) >= 11 is 0. The molecule has 2 amide bonds. The second-order valence-corrected chi connectivity index (χ2v) is 5.69. The lowest BCUT2D eigenvalue weighted by Gasteiger charge is -2.18. The molecule has 0 spiro atoms. The van der Waals surface area contributed by atoms with Gasteiger partial charge in [0.2, 0.25) is 11.8 Å². The Balaban J connectivity index is 2.13. The largest absolute Gasteiger partial charge is 0.416 e. The van der Waals surface area contributed by atoms with Gasteiger partial charge >= 0.3 is 6.18 Å². The number of nitrogens with one attached hydrogen (secondary N) is 1. The van der Waals surface area contributed by atoms with Crippen LogP contribution < -0.4 is 11.1 Å². The Labute approximate surface area is 147 Å². The molecular weight excluding hydrogens is 352 g/mol. The molecule has 2 aromatic rings. The van der Waals surface area contributed by atoms with E-state index in [9.17, 15) is 27.2 Å². The zero-order valence-electron chi connectivity index (χ0n) is 13.5. The second-order valence-electron chi connectivity index (χ2n) is 5.69. The van der Waals surface area contributed by atoms with Crippen LogP contribution in [0, 0.1) is 5.82 Å². The number of hydrogen-bond acceptors (Lipinski definition) is 2. The number of carbonyl (C=O) groups excluding carboxylic acids is 2. The Morgan fingerprint density at radius 1 is 1.08 bits per heavy atom. The number of rotatable bonds is 6. The SMILES string of the molecule is NC(=O)[C@@H](Cc1ccccc1C(F)(F)F)NC(=O)Cc1cccc(F)c1. The molecular formula is C18H16F4N2O2. The summed E-state index contributed by atoms with van der Waals surface area (Å²) in [5, 5.41) is 2.31. The van der Waals surface area contributed by atoms with Gasteiger partial charge in [-0.1, -0.05) is 30.3 Å². The molecule has 0 saturated heterocycles. The molecule has 8 heteroatoms. The Kier molecular flexibility index (Phi) is 5.97. The van der Waals surface area contributed by atoms with Crippen LogP contribution in [-0.2, 0) is 28.6 Å². The molecule has 0 aliphatic heterocycles. The summed E-state index contributed by atoms with van der Waals surface area (Å²) in [6.07, 6.45) is -5.23. The van der Waals surface area contributed by atoms with Crippen LogP contribution >= 0.6 is 0 Å². The van der Waals surface area contributed by atoms with Crippen molar-refractivity contribution in [1.29, 1.82) is 0 Å². The van der Waals surface area contributed by atoms with Crippen molar-refractivity contribution in [2.75, 3.05) is 0 Å². The molecule has 3 N–H and O–H groups in total. The number of halogens is 4. The number of hydrogen-bond donors (Lipinski definition) is 2. The summed E-state index contributed by atoms with van der Waals surface area (Å²) < 4.78 is 52.3. The molecule has 26 heavy (non-hydrogen) atoms. The van der Waals surface area contributed by atoms with E-state index in [-0.39, 0.29) is 12.0 Å². The number of carbonyl (C=O) groups is 2. The topological polar surface area (TPSA) is 72.2 Å². The summed E-state index contributed by atoms with van der Waals surface area (Å²) in [6, 6.07) is 8.72. The highest BCUT2D eigenvalue weighted by atomic mass is 19.4. The van der Waals surface area contributed by atoms with Crippen LogP contribution in [0.1, 0.15) is 16.7 Å². The third-order valence-electron chi connectivity index (χ3n) is 3.68. The Bertz CT molecular complexity index is 806. The number of amides is 2. The van der Waals surface area contributed by atoms with E-state index in [1.165, 1.54) is 36.4 Å². The van der Waals surface area contributed by atoms with Crippen LogP contribution in [0.5, 0.6) is 0 Å². The fraction of sp³-hybridized carbons (Fsp3) is 0.222. The summed E-state index contributed by atoms with van der Waals surface area (Å²) in [5.41, 5.74) is 4.52. The molecule has 0 aliphatic rings. The van der Waals surface area contributed by atoms with Crippen molar-refractivity contribution < 1.29 is 27.2 Å². The highest BCUT2D eigenvalue weighted by Crippen LogP contribution is 2.32. The molecule has 138 valence electrons. The van der Waals surface area contributed by atoms with E-state index in [4.69, 9.17) is 5.73 Å². The van der Waals surface area contributed by atoms with Crippen molar-refractivity contribution in [3.63, 3.8) is 0 Å². The molecule has 0 fully saturated rings. The van der Waals surface area contributed by atoms with Gasteiger partial charge in [-0.2, -0.15) is 13.2 Å². The first-order chi connectivity index (χ1) is 12.2. The number of nitrogens with two attached hydrogens (primary N) is 1. The second kappa shape index (κ2) is 7.99. The monoisotopic (exact) mass is 368 g/mol. The Morgan fingerprint density at radius 3 is 2.38 bits per heavy atom.